The van der Waals surface area contributed by atoms with Gasteiger partial charge >= 0.3 is 6.03 Å². The Morgan fingerprint density at radius 3 is 2.46 bits per heavy atom. The van der Waals surface area contributed by atoms with E-state index >= 15 is 0 Å². The maximum absolute atomic E-state index is 13.4. The summed E-state index contributed by atoms with van der Waals surface area (Å²) in [6, 6.07) is 26.2. The maximum Gasteiger partial charge on any atom is 0.324 e. The molecule has 1 atom stereocenters. The third kappa shape index (κ3) is 7.81. The molecular formula is C37H41N7O4. The van der Waals surface area contributed by atoms with Crippen molar-refractivity contribution in [2.45, 2.75) is 39.2 Å². The first-order chi connectivity index (χ1) is 23.1. The molecule has 6 rings (SSSR count). The van der Waals surface area contributed by atoms with E-state index in [0.717, 1.165) is 33.5 Å². The van der Waals surface area contributed by atoms with Crippen molar-refractivity contribution in [1.82, 2.24) is 19.7 Å². The number of nitrogens with one attached hydrogen (secondary N) is 3. The summed E-state index contributed by atoms with van der Waals surface area (Å²) in [6.45, 7) is 10.9. The van der Waals surface area contributed by atoms with Crippen LogP contribution in [0.5, 0.6) is 5.75 Å². The van der Waals surface area contributed by atoms with Crippen molar-refractivity contribution < 1.29 is 19.1 Å². The Morgan fingerprint density at radius 2 is 1.71 bits per heavy atom. The van der Waals surface area contributed by atoms with E-state index in [1.54, 1.807) is 10.9 Å². The molecule has 1 aliphatic rings. The number of carbonyl (C=O) groups is 2. The van der Waals surface area contributed by atoms with Crippen LogP contribution in [-0.2, 0) is 14.9 Å². The van der Waals surface area contributed by atoms with Crippen molar-refractivity contribution in [3.63, 3.8) is 0 Å². The highest BCUT2D eigenvalue weighted by Gasteiger charge is 2.27. The van der Waals surface area contributed by atoms with Gasteiger partial charge in [-0.1, -0.05) is 63.2 Å². The van der Waals surface area contributed by atoms with Crippen LogP contribution in [0.4, 0.5) is 22.0 Å². The largest absolute Gasteiger partial charge is 0.492 e. The van der Waals surface area contributed by atoms with Crippen molar-refractivity contribution in [1.29, 1.82) is 0 Å². The normalized spacial score (nSPS) is 15.2. The molecule has 5 aromatic rings. The number of fused-ring (bicyclic) bond motifs is 1. The van der Waals surface area contributed by atoms with Crippen LogP contribution in [0, 0.1) is 6.92 Å². The lowest BCUT2D eigenvalue weighted by Crippen LogP contribution is -2.48. The highest BCUT2D eigenvalue weighted by molar-refractivity contribution is 6.07. The van der Waals surface area contributed by atoms with Crippen LogP contribution in [0.25, 0.3) is 16.5 Å². The third-order valence-corrected chi connectivity index (χ3v) is 8.14. The van der Waals surface area contributed by atoms with Crippen molar-refractivity contribution in [3.05, 3.63) is 103 Å². The number of pyridine rings is 1. The third-order valence-electron chi connectivity index (χ3n) is 8.14. The Labute approximate surface area is 280 Å². The number of para-hydroxylation sites is 1. The lowest BCUT2D eigenvalue weighted by atomic mass is 9.92. The number of hydrogen-bond donors (Lipinski definition) is 3. The Balaban J connectivity index is 1.10. The van der Waals surface area contributed by atoms with Gasteiger partial charge in [-0.05, 0) is 43.3 Å². The van der Waals surface area contributed by atoms with Gasteiger partial charge in [-0.2, -0.15) is 5.10 Å². The number of anilines is 3. The molecule has 1 fully saturated rings. The number of carbonyl (C=O) groups excluding carboxylic acids is 2. The van der Waals surface area contributed by atoms with Crippen LogP contribution in [0.1, 0.15) is 32.2 Å². The molecule has 0 saturated carbocycles. The smallest absolute Gasteiger partial charge is 0.324 e. The summed E-state index contributed by atoms with van der Waals surface area (Å²) in [7, 11) is 0. The average Bonchev–Trinajstić information content (AvgIpc) is 3.51. The van der Waals surface area contributed by atoms with E-state index < -0.39 is 12.1 Å². The number of rotatable bonds is 9. The first-order valence-electron chi connectivity index (χ1n) is 16.1. The Kier molecular flexibility index (Phi) is 9.70. The molecular weight excluding hydrogens is 606 g/mol. The first-order valence-corrected chi connectivity index (χ1v) is 16.1. The lowest BCUT2D eigenvalue weighted by Gasteiger charge is -2.32. The minimum Gasteiger partial charge on any atom is -0.492 e. The molecule has 3 N–H and O–H groups in total. The van der Waals surface area contributed by atoms with Gasteiger partial charge in [0, 0.05) is 53.3 Å². The van der Waals surface area contributed by atoms with Gasteiger partial charge < -0.3 is 20.1 Å². The molecule has 0 spiro atoms. The Bertz CT molecular complexity index is 1880. The molecule has 248 valence electrons. The molecule has 3 aromatic carbocycles. The van der Waals surface area contributed by atoms with Crippen LogP contribution in [0.3, 0.4) is 0 Å². The van der Waals surface area contributed by atoms with E-state index in [1.807, 2.05) is 91.9 Å². The second-order valence-electron chi connectivity index (χ2n) is 12.8. The van der Waals surface area contributed by atoms with Crippen LogP contribution in [0.2, 0.25) is 0 Å². The fourth-order valence-corrected chi connectivity index (χ4v) is 5.49. The highest BCUT2D eigenvalue weighted by Crippen LogP contribution is 2.32. The van der Waals surface area contributed by atoms with Gasteiger partial charge in [0.2, 0.25) is 0 Å². The number of ether oxygens (including phenoxy) is 2. The minimum atomic E-state index is -0.552. The fourth-order valence-electron chi connectivity index (χ4n) is 5.49. The van der Waals surface area contributed by atoms with E-state index in [9.17, 15) is 9.59 Å². The second kappa shape index (κ2) is 14.2. The summed E-state index contributed by atoms with van der Waals surface area (Å²) in [6.07, 6.45) is 1.19. The molecule has 2 aromatic heterocycles. The Morgan fingerprint density at radius 1 is 0.938 bits per heavy atom. The van der Waals surface area contributed by atoms with E-state index in [0.29, 0.717) is 50.1 Å². The molecule has 3 heterocycles. The summed E-state index contributed by atoms with van der Waals surface area (Å²) in [5.41, 5.74) is 3.66. The standard InChI is InChI=1S/C37H41N7O4/c1-25-14-15-27(23-38-25)44-34(22-33(42-44)37(2,3)4)41-36(46)40-30-16-17-31(29-13-9-8-12-28(29)30)47-20-18-43-19-21-48-32(24-43)35(45)39-26-10-6-5-7-11-26/h5-17,22-23,32H,18-21,24H2,1-4H3,(H,39,45)(H2,40,41,46). The van der Waals surface area contributed by atoms with E-state index in [4.69, 9.17) is 14.6 Å². The number of amides is 3. The number of benzene rings is 3. The molecule has 0 bridgehead atoms. The van der Waals surface area contributed by atoms with E-state index in [-0.39, 0.29) is 11.3 Å². The number of hydrogen-bond acceptors (Lipinski definition) is 7. The maximum atomic E-state index is 13.4. The van der Waals surface area contributed by atoms with E-state index in [2.05, 4.69) is 46.6 Å². The average molecular weight is 648 g/mol. The number of aromatic nitrogens is 3. The van der Waals surface area contributed by atoms with Crippen LogP contribution in [0.15, 0.2) is 91.1 Å². The summed E-state index contributed by atoms with van der Waals surface area (Å²) in [4.78, 5) is 32.7. The van der Waals surface area contributed by atoms with Gasteiger partial charge in [-0.25, -0.2) is 9.48 Å². The highest BCUT2D eigenvalue weighted by atomic mass is 16.5. The van der Waals surface area contributed by atoms with Gasteiger partial charge in [-0.15, -0.1) is 0 Å². The van der Waals surface area contributed by atoms with Crippen molar-refractivity contribution in [2.24, 2.45) is 0 Å². The molecule has 0 aliphatic carbocycles. The predicted molar refractivity (Wildman–Crippen MR) is 188 cm³/mol. The number of nitrogens with zero attached hydrogens (tertiary/aromatic N) is 4. The molecule has 3 amide bonds. The van der Waals surface area contributed by atoms with Crippen molar-refractivity contribution in [3.8, 4) is 11.4 Å². The van der Waals surface area contributed by atoms with Gasteiger partial charge in [-0.3, -0.25) is 20.0 Å². The molecule has 11 heteroatoms. The topological polar surface area (TPSA) is 123 Å². The fraction of sp³-hybridized carbons (Fsp3) is 0.297. The minimum absolute atomic E-state index is 0.156. The zero-order chi connectivity index (χ0) is 33.7. The molecule has 0 radical (unpaired) electrons. The lowest BCUT2D eigenvalue weighted by molar-refractivity contribution is -0.133. The number of urea groups is 1. The summed E-state index contributed by atoms with van der Waals surface area (Å²) < 4.78 is 13.7. The second-order valence-corrected chi connectivity index (χ2v) is 12.8. The molecule has 48 heavy (non-hydrogen) atoms. The van der Waals surface area contributed by atoms with Crippen molar-refractivity contribution >= 4 is 39.9 Å². The van der Waals surface area contributed by atoms with Crippen molar-refractivity contribution in [2.75, 3.05) is 48.8 Å². The predicted octanol–water partition coefficient (Wildman–Crippen LogP) is 6.39. The van der Waals surface area contributed by atoms with Gasteiger partial charge in [0.05, 0.1) is 29.9 Å². The van der Waals surface area contributed by atoms with Crippen LogP contribution < -0.4 is 20.7 Å². The first kappa shape index (κ1) is 32.7. The van der Waals surface area contributed by atoms with Crippen LogP contribution in [-0.4, -0.2) is 70.6 Å². The monoisotopic (exact) mass is 647 g/mol. The molecule has 11 nitrogen and oxygen atoms in total. The van der Waals surface area contributed by atoms with Gasteiger partial charge in [0.15, 0.2) is 0 Å². The SMILES string of the molecule is Cc1ccc(-n2nc(C(C)(C)C)cc2NC(=O)Nc2ccc(OCCN3CCOC(C(=O)Nc4ccccc4)C3)c3ccccc23)cn1. The Hall–Kier alpha value is -5.26. The zero-order valence-corrected chi connectivity index (χ0v) is 27.7. The van der Waals surface area contributed by atoms with Gasteiger partial charge in [0.25, 0.3) is 5.91 Å². The number of morpholine rings is 1. The van der Waals surface area contributed by atoms with Crippen LogP contribution >= 0.6 is 0 Å². The summed E-state index contributed by atoms with van der Waals surface area (Å²) in [5.74, 6) is 1.09. The number of aryl methyl sites for hydroxylation is 1. The summed E-state index contributed by atoms with van der Waals surface area (Å²) >= 11 is 0. The summed E-state index contributed by atoms with van der Waals surface area (Å²) in [5, 5.41) is 15.4. The van der Waals surface area contributed by atoms with E-state index in [1.165, 1.54) is 0 Å². The quantitative estimate of drug-likeness (QED) is 0.170. The molecule has 1 unspecified atom stereocenters. The van der Waals surface area contributed by atoms with Gasteiger partial charge in [0.1, 0.15) is 24.3 Å². The zero-order valence-electron chi connectivity index (χ0n) is 27.7. The molecule has 1 aliphatic heterocycles. The molecule has 1 saturated heterocycles.